The molecule has 0 unspecified atom stereocenters. The number of hydrogen-bond donors (Lipinski definition) is 1. The second kappa shape index (κ2) is 6.81. The van der Waals surface area contributed by atoms with Gasteiger partial charge in [0.15, 0.2) is 5.82 Å². The molecule has 0 aliphatic carbocycles. The van der Waals surface area contributed by atoms with Crippen molar-refractivity contribution in [2.75, 3.05) is 25.0 Å². The minimum Gasteiger partial charge on any atom is -0.373 e. The minimum absolute atomic E-state index is 0.0699. The van der Waals surface area contributed by atoms with Crippen LogP contribution in [0.25, 0.3) is 0 Å². The molecule has 0 aromatic carbocycles. The zero-order chi connectivity index (χ0) is 17.2. The fourth-order valence-corrected chi connectivity index (χ4v) is 2.95. The van der Waals surface area contributed by atoms with Crippen LogP contribution < -0.4 is 5.32 Å². The Labute approximate surface area is 138 Å². The van der Waals surface area contributed by atoms with Gasteiger partial charge in [0.25, 0.3) is 0 Å². The molecule has 6 heteroatoms. The third kappa shape index (κ3) is 3.98. The summed E-state index contributed by atoms with van der Waals surface area (Å²) in [5.41, 5.74) is 2.19. The smallest absolute Gasteiger partial charge is 0.166 e. The lowest BCUT2D eigenvalue weighted by molar-refractivity contribution is -0.0933. The maximum atomic E-state index is 9.39. The van der Waals surface area contributed by atoms with Crippen molar-refractivity contribution in [1.29, 1.82) is 5.26 Å². The van der Waals surface area contributed by atoms with Crippen LogP contribution in [0.2, 0.25) is 0 Å². The number of rotatable bonds is 4. The van der Waals surface area contributed by atoms with E-state index in [0.717, 1.165) is 24.3 Å². The molecule has 1 aliphatic rings. The quantitative estimate of drug-likeness (QED) is 0.918. The molecule has 6 nitrogen and oxygen atoms in total. The summed E-state index contributed by atoms with van der Waals surface area (Å²) in [6, 6.07) is 2.24. The number of nitriles is 1. The second-order valence-electron chi connectivity index (χ2n) is 7.07. The molecule has 0 amide bonds. The number of aromatic nitrogens is 2. The van der Waals surface area contributed by atoms with E-state index in [1.165, 1.54) is 0 Å². The molecule has 126 valence electrons. The van der Waals surface area contributed by atoms with Gasteiger partial charge >= 0.3 is 0 Å². The van der Waals surface area contributed by atoms with Crippen molar-refractivity contribution in [2.45, 2.75) is 59.3 Å². The van der Waals surface area contributed by atoms with Gasteiger partial charge in [-0.2, -0.15) is 10.4 Å². The zero-order valence-electron chi connectivity index (χ0n) is 15.0. The van der Waals surface area contributed by atoms with Crippen LogP contribution in [0.1, 0.15) is 44.5 Å². The van der Waals surface area contributed by atoms with Gasteiger partial charge in [-0.25, -0.2) is 0 Å². The highest BCUT2D eigenvalue weighted by Crippen LogP contribution is 2.23. The molecule has 1 N–H and O–H groups in total. The van der Waals surface area contributed by atoms with E-state index in [2.05, 4.69) is 54.2 Å². The van der Waals surface area contributed by atoms with Crippen molar-refractivity contribution in [1.82, 2.24) is 15.1 Å². The molecule has 2 rings (SSSR count). The van der Waals surface area contributed by atoms with Crippen LogP contribution in [0.15, 0.2) is 0 Å². The van der Waals surface area contributed by atoms with Crippen molar-refractivity contribution in [3.63, 3.8) is 0 Å². The maximum absolute atomic E-state index is 9.39. The van der Waals surface area contributed by atoms with E-state index in [0.29, 0.717) is 17.9 Å². The largest absolute Gasteiger partial charge is 0.373 e. The predicted octanol–water partition coefficient (Wildman–Crippen LogP) is 2.26. The molecule has 0 saturated carbocycles. The summed E-state index contributed by atoms with van der Waals surface area (Å²) in [5, 5.41) is 21.0. The van der Waals surface area contributed by atoms with Crippen molar-refractivity contribution in [2.24, 2.45) is 0 Å². The molecular formula is C17H27N5O. The molecule has 0 radical (unpaired) electrons. The average Bonchev–Trinajstić information content (AvgIpc) is 2.47. The molecule has 1 fully saturated rings. The minimum atomic E-state index is -0.0699. The Kier molecular flexibility index (Phi) is 5.23. The van der Waals surface area contributed by atoms with Gasteiger partial charge in [0, 0.05) is 25.2 Å². The van der Waals surface area contributed by atoms with E-state index < -0.39 is 0 Å². The fourth-order valence-electron chi connectivity index (χ4n) is 2.95. The molecule has 23 heavy (non-hydrogen) atoms. The summed E-state index contributed by atoms with van der Waals surface area (Å²) >= 11 is 0. The van der Waals surface area contributed by atoms with Crippen molar-refractivity contribution < 1.29 is 4.74 Å². The highest BCUT2D eigenvalue weighted by Gasteiger charge is 2.33. The zero-order valence-corrected chi connectivity index (χ0v) is 15.0. The van der Waals surface area contributed by atoms with Crippen LogP contribution in [0.4, 0.5) is 5.82 Å². The van der Waals surface area contributed by atoms with Gasteiger partial charge in [0.1, 0.15) is 11.6 Å². The highest BCUT2D eigenvalue weighted by molar-refractivity contribution is 5.55. The Morgan fingerprint density at radius 3 is 2.43 bits per heavy atom. The Balaban J connectivity index is 2.11. The number of hydrogen-bond acceptors (Lipinski definition) is 6. The SMILES string of the molecule is Cc1nnc(NCC(C)(C)N2C[C@@H](C)O[C@@H](C)C2)c(C#N)c1C. The predicted molar refractivity (Wildman–Crippen MR) is 90.4 cm³/mol. The van der Waals surface area contributed by atoms with E-state index >= 15 is 0 Å². The monoisotopic (exact) mass is 317 g/mol. The summed E-state index contributed by atoms with van der Waals surface area (Å²) < 4.78 is 5.81. The van der Waals surface area contributed by atoms with Gasteiger partial charge in [-0.05, 0) is 47.1 Å². The third-order valence-electron chi connectivity index (χ3n) is 4.53. The van der Waals surface area contributed by atoms with Crippen LogP contribution in [0.3, 0.4) is 0 Å². The highest BCUT2D eigenvalue weighted by atomic mass is 16.5. The first-order chi connectivity index (χ1) is 10.7. The molecule has 1 aromatic rings. The normalized spacial score (nSPS) is 22.7. The van der Waals surface area contributed by atoms with Crippen molar-refractivity contribution in [3.8, 4) is 6.07 Å². The Hall–Kier alpha value is -1.71. The molecule has 2 heterocycles. The first-order valence-electron chi connectivity index (χ1n) is 8.13. The summed E-state index contributed by atoms with van der Waals surface area (Å²) in [4.78, 5) is 2.43. The Bertz CT molecular complexity index is 598. The number of aryl methyl sites for hydroxylation is 1. The Morgan fingerprint density at radius 2 is 1.87 bits per heavy atom. The summed E-state index contributed by atoms with van der Waals surface area (Å²) in [5.74, 6) is 0.568. The van der Waals surface area contributed by atoms with Crippen LogP contribution in [0.5, 0.6) is 0 Å². The van der Waals surface area contributed by atoms with E-state index in [9.17, 15) is 5.26 Å². The topological polar surface area (TPSA) is 74.1 Å². The van der Waals surface area contributed by atoms with E-state index in [1.807, 2.05) is 13.8 Å². The summed E-state index contributed by atoms with van der Waals surface area (Å²) in [7, 11) is 0. The van der Waals surface area contributed by atoms with Gasteiger partial charge in [0.05, 0.1) is 17.9 Å². The van der Waals surface area contributed by atoms with E-state index in [4.69, 9.17) is 4.74 Å². The first kappa shape index (κ1) is 17.6. The van der Waals surface area contributed by atoms with Crippen molar-refractivity contribution >= 4 is 5.82 Å². The van der Waals surface area contributed by atoms with E-state index in [-0.39, 0.29) is 17.7 Å². The molecule has 1 saturated heterocycles. The van der Waals surface area contributed by atoms with E-state index in [1.54, 1.807) is 0 Å². The lowest BCUT2D eigenvalue weighted by Gasteiger charge is -2.45. The number of nitrogens with one attached hydrogen (secondary N) is 1. The Morgan fingerprint density at radius 1 is 1.26 bits per heavy atom. The molecule has 2 atom stereocenters. The average molecular weight is 317 g/mol. The molecule has 0 spiro atoms. The number of morpholine rings is 1. The fraction of sp³-hybridized carbons (Fsp3) is 0.706. The van der Waals surface area contributed by atoms with Gasteiger partial charge in [-0.3, -0.25) is 4.90 Å². The van der Waals surface area contributed by atoms with Gasteiger partial charge < -0.3 is 10.1 Å². The molecule has 1 aromatic heterocycles. The molecule has 0 bridgehead atoms. The maximum Gasteiger partial charge on any atom is 0.166 e. The summed E-state index contributed by atoms with van der Waals surface area (Å²) in [6.45, 7) is 14.9. The first-order valence-corrected chi connectivity index (χ1v) is 8.13. The lowest BCUT2D eigenvalue weighted by atomic mass is 10.00. The molecular weight excluding hydrogens is 290 g/mol. The summed E-state index contributed by atoms with van der Waals surface area (Å²) in [6.07, 6.45) is 0.461. The van der Waals surface area contributed by atoms with Crippen LogP contribution in [0, 0.1) is 25.2 Å². The standard InChI is InChI=1S/C17H27N5O/c1-11-8-22(9-12(2)23-11)17(5,6)10-19-16-15(7-18)13(3)14(4)20-21-16/h11-12H,8-10H2,1-6H3,(H,19,21)/t11-,12+. The van der Waals surface area contributed by atoms with Crippen molar-refractivity contribution in [3.05, 3.63) is 16.8 Å². The second-order valence-corrected chi connectivity index (χ2v) is 7.07. The van der Waals surface area contributed by atoms with Crippen LogP contribution in [-0.2, 0) is 4.74 Å². The van der Waals surface area contributed by atoms with Gasteiger partial charge in [-0.15, -0.1) is 5.10 Å². The van der Waals surface area contributed by atoms with Crippen LogP contribution in [-0.4, -0.2) is 52.5 Å². The van der Waals surface area contributed by atoms with Gasteiger partial charge in [0.2, 0.25) is 0 Å². The van der Waals surface area contributed by atoms with Crippen LogP contribution >= 0.6 is 0 Å². The number of nitrogens with zero attached hydrogens (tertiary/aromatic N) is 4. The number of anilines is 1. The third-order valence-corrected chi connectivity index (χ3v) is 4.53. The van der Waals surface area contributed by atoms with Gasteiger partial charge in [-0.1, -0.05) is 0 Å². The molecule has 1 aliphatic heterocycles. The number of ether oxygens (including phenoxy) is 1. The lowest BCUT2D eigenvalue weighted by Crippen LogP contribution is -2.57.